The zero-order valence-corrected chi connectivity index (χ0v) is 15.3. The molecule has 0 unspecified atom stereocenters. The van der Waals surface area contributed by atoms with Crippen LogP contribution in [-0.4, -0.2) is 10.9 Å². The van der Waals surface area contributed by atoms with Crippen molar-refractivity contribution in [1.29, 1.82) is 0 Å². The highest BCUT2D eigenvalue weighted by atomic mass is 32.1. The zero-order valence-electron chi connectivity index (χ0n) is 14.4. The molecule has 0 radical (unpaired) electrons. The number of fused-ring (bicyclic) bond motifs is 4. The van der Waals surface area contributed by atoms with E-state index in [0.717, 1.165) is 42.5 Å². The SMILES string of the molecule is O=C(Cc1coc2ccc3ccccc3c12)NCc1nc2ccccc2s1. The van der Waals surface area contributed by atoms with Crippen molar-refractivity contribution in [2.75, 3.05) is 0 Å². The molecule has 0 aliphatic carbocycles. The Balaban J connectivity index is 1.37. The van der Waals surface area contributed by atoms with Gasteiger partial charge in [-0.1, -0.05) is 42.5 Å². The summed E-state index contributed by atoms with van der Waals surface area (Å²) in [5, 5.41) is 7.15. The number of carbonyl (C=O) groups is 1. The summed E-state index contributed by atoms with van der Waals surface area (Å²) in [5.41, 5.74) is 2.69. The monoisotopic (exact) mass is 372 g/mol. The lowest BCUT2D eigenvalue weighted by atomic mass is 10.0. The van der Waals surface area contributed by atoms with E-state index >= 15 is 0 Å². The number of nitrogens with one attached hydrogen (secondary N) is 1. The van der Waals surface area contributed by atoms with Gasteiger partial charge in [-0.15, -0.1) is 11.3 Å². The number of para-hydroxylation sites is 1. The first-order valence-electron chi connectivity index (χ1n) is 8.77. The molecule has 5 rings (SSSR count). The maximum Gasteiger partial charge on any atom is 0.224 e. The first-order valence-corrected chi connectivity index (χ1v) is 9.58. The topological polar surface area (TPSA) is 55.1 Å². The molecule has 0 atom stereocenters. The minimum Gasteiger partial charge on any atom is -0.464 e. The van der Waals surface area contributed by atoms with Gasteiger partial charge in [0.1, 0.15) is 10.6 Å². The molecule has 132 valence electrons. The van der Waals surface area contributed by atoms with Crippen molar-refractivity contribution in [2.45, 2.75) is 13.0 Å². The van der Waals surface area contributed by atoms with Crippen molar-refractivity contribution in [3.05, 3.63) is 77.5 Å². The van der Waals surface area contributed by atoms with Gasteiger partial charge < -0.3 is 9.73 Å². The quantitative estimate of drug-likeness (QED) is 0.480. The summed E-state index contributed by atoms with van der Waals surface area (Å²) in [7, 11) is 0. The third-order valence-electron chi connectivity index (χ3n) is 4.67. The molecule has 2 heterocycles. The second kappa shape index (κ2) is 6.52. The molecule has 1 amide bonds. The van der Waals surface area contributed by atoms with Gasteiger partial charge in [-0.25, -0.2) is 4.98 Å². The van der Waals surface area contributed by atoms with Crippen molar-refractivity contribution < 1.29 is 9.21 Å². The summed E-state index contributed by atoms with van der Waals surface area (Å²) in [6, 6.07) is 20.1. The molecule has 5 heteroatoms. The molecule has 27 heavy (non-hydrogen) atoms. The van der Waals surface area contributed by atoms with Gasteiger partial charge >= 0.3 is 0 Å². The minimum absolute atomic E-state index is 0.0371. The fourth-order valence-electron chi connectivity index (χ4n) is 3.41. The van der Waals surface area contributed by atoms with Crippen LogP contribution in [0.2, 0.25) is 0 Å². The van der Waals surface area contributed by atoms with Crippen LogP contribution in [0.1, 0.15) is 10.6 Å². The molecular formula is C22H16N2O2S. The van der Waals surface area contributed by atoms with E-state index in [4.69, 9.17) is 4.42 Å². The van der Waals surface area contributed by atoms with Gasteiger partial charge in [-0.3, -0.25) is 4.79 Å². The molecule has 0 aliphatic heterocycles. The standard InChI is InChI=1S/C22H16N2O2S/c25-20(23-12-21-24-17-7-3-4-8-19(17)27-21)11-15-13-26-18-10-9-14-5-1-2-6-16(14)22(15)18/h1-10,13H,11-12H2,(H,23,25). The molecule has 0 fully saturated rings. The van der Waals surface area contributed by atoms with E-state index in [1.807, 2.05) is 48.5 Å². The number of thiazole rings is 1. The minimum atomic E-state index is -0.0371. The molecule has 0 saturated carbocycles. The van der Waals surface area contributed by atoms with Gasteiger partial charge in [0.2, 0.25) is 5.91 Å². The number of rotatable bonds is 4. The third-order valence-corrected chi connectivity index (χ3v) is 5.70. The fourth-order valence-corrected chi connectivity index (χ4v) is 4.32. The number of furan rings is 1. The number of hydrogen-bond acceptors (Lipinski definition) is 4. The molecule has 0 aliphatic rings. The predicted molar refractivity (Wildman–Crippen MR) is 109 cm³/mol. The molecule has 0 spiro atoms. The average molecular weight is 372 g/mol. The van der Waals surface area contributed by atoms with E-state index in [-0.39, 0.29) is 12.3 Å². The molecule has 0 saturated heterocycles. The predicted octanol–water partition coefficient (Wildman–Crippen LogP) is 5.05. The Hall–Kier alpha value is -3.18. The van der Waals surface area contributed by atoms with E-state index in [9.17, 15) is 4.79 Å². The first-order chi connectivity index (χ1) is 13.3. The van der Waals surface area contributed by atoms with Crippen molar-refractivity contribution in [3.8, 4) is 0 Å². The van der Waals surface area contributed by atoms with Crippen molar-refractivity contribution in [1.82, 2.24) is 10.3 Å². The normalized spacial score (nSPS) is 11.4. The lowest BCUT2D eigenvalue weighted by Crippen LogP contribution is -2.24. The van der Waals surface area contributed by atoms with E-state index < -0.39 is 0 Å². The molecule has 2 aromatic heterocycles. The van der Waals surface area contributed by atoms with Gasteiger partial charge in [0.25, 0.3) is 0 Å². The average Bonchev–Trinajstić information content (AvgIpc) is 3.30. The van der Waals surface area contributed by atoms with Gasteiger partial charge in [-0.2, -0.15) is 0 Å². The lowest BCUT2D eigenvalue weighted by molar-refractivity contribution is -0.120. The summed E-state index contributed by atoms with van der Waals surface area (Å²) in [5.74, 6) is -0.0371. The number of amides is 1. The molecule has 5 aromatic rings. The van der Waals surface area contributed by atoms with Crippen LogP contribution in [0.3, 0.4) is 0 Å². The summed E-state index contributed by atoms with van der Waals surface area (Å²) >= 11 is 1.61. The van der Waals surface area contributed by atoms with Crippen molar-refractivity contribution >= 4 is 49.2 Å². The second-order valence-electron chi connectivity index (χ2n) is 6.45. The molecule has 0 bridgehead atoms. The van der Waals surface area contributed by atoms with E-state index in [1.165, 1.54) is 0 Å². The van der Waals surface area contributed by atoms with Crippen molar-refractivity contribution in [3.63, 3.8) is 0 Å². The Morgan fingerprint density at radius 1 is 1.04 bits per heavy atom. The summed E-state index contributed by atoms with van der Waals surface area (Å²) in [6.45, 7) is 0.439. The second-order valence-corrected chi connectivity index (χ2v) is 7.56. The zero-order chi connectivity index (χ0) is 18.2. The Morgan fingerprint density at radius 3 is 2.81 bits per heavy atom. The maximum atomic E-state index is 12.5. The summed E-state index contributed by atoms with van der Waals surface area (Å²) in [6.07, 6.45) is 1.97. The third kappa shape index (κ3) is 2.96. The van der Waals surface area contributed by atoms with Crippen LogP contribution >= 0.6 is 11.3 Å². The van der Waals surface area contributed by atoms with Crippen LogP contribution in [-0.2, 0) is 17.8 Å². The highest BCUT2D eigenvalue weighted by Crippen LogP contribution is 2.30. The molecule has 1 N–H and O–H groups in total. The van der Waals surface area contributed by atoms with Gasteiger partial charge in [-0.05, 0) is 29.0 Å². The summed E-state index contributed by atoms with van der Waals surface area (Å²) < 4.78 is 6.80. The van der Waals surface area contributed by atoms with Crippen LogP contribution in [0.15, 0.2) is 71.3 Å². The van der Waals surface area contributed by atoms with E-state index in [2.05, 4.69) is 22.4 Å². The summed E-state index contributed by atoms with van der Waals surface area (Å²) in [4.78, 5) is 17.1. The Kier molecular flexibility index (Phi) is 3.87. The highest BCUT2D eigenvalue weighted by molar-refractivity contribution is 7.18. The number of aromatic nitrogens is 1. The van der Waals surface area contributed by atoms with Crippen molar-refractivity contribution in [2.24, 2.45) is 0 Å². The Bertz CT molecular complexity index is 1250. The number of hydrogen-bond donors (Lipinski definition) is 1. The van der Waals surface area contributed by atoms with E-state index in [0.29, 0.717) is 6.54 Å². The largest absolute Gasteiger partial charge is 0.464 e. The van der Waals surface area contributed by atoms with Crippen LogP contribution in [0.25, 0.3) is 32.0 Å². The number of nitrogens with zero attached hydrogens (tertiary/aromatic N) is 1. The lowest BCUT2D eigenvalue weighted by Gasteiger charge is -2.04. The first kappa shape index (κ1) is 16.0. The van der Waals surface area contributed by atoms with Gasteiger partial charge in [0, 0.05) is 10.9 Å². The number of benzene rings is 3. The molecule has 3 aromatic carbocycles. The van der Waals surface area contributed by atoms with Gasteiger partial charge in [0.05, 0.1) is 29.4 Å². The Morgan fingerprint density at radius 2 is 1.89 bits per heavy atom. The van der Waals surface area contributed by atoms with Crippen LogP contribution in [0.5, 0.6) is 0 Å². The molecule has 4 nitrogen and oxygen atoms in total. The highest BCUT2D eigenvalue weighted by Gasteiger charge is 2.13. The Labute approximate surface area is 159 Å². The van der Waals surface area contributed by atoms with Crippen LogP contribution in [0.4, 0.5) is 0 Å². The van der Waals surface area contributed by atoms with E-state index in [1.54, 1.807) is 17.6 Å². The maximum absolute atomic E-state index is 12.5. The number of carbonyl (C=O) groups excluding carboxylic acids is 1. The molecular weight excluding hydrogens is 356 g/mol. The fraction of sp³-hybridized carbons (Fsp3) is 0.0909. The van der Waals surface area contributed by atoms with Crippen LogP contribution < -0.4 is 5.32 Å². The van der Waals surface area contributed by atoms with Gasteiger partial charge in [0.15, 0.2) is 0 Å². The smallest absolute Gasteiger partial charge is 0.224 e. The van der Waals surface area contributed by atoms with Crippen LogP contribution in [0, 0.1) is 0 Å².